The van der Waals surface area contributed by atoms with Crippen LogP contribution in [0.5, 0.6) is 0 Å². The van der Waals surface area contributed by atoms with Crippen LogP contribution in [0.4, 0.5) is 0 Å². The molecule has 1 fully saturated rings. The molecule has 2 heteroatoms. The summed E-state index contributed by atoms with van der Waals surface area (Å²) in [7, 11) is 0. The van der Waals surface area contributed by atoms with E-state index >= 15 is 0 Å². The van der Waals surface area contributed by atoms with E-state index in [1.807, 2.05) is 6.92 Å². The SMILES string of the molecule is CCN=C1C[C@H](C)C(C)(C)C[C@H]1O. The van der Waals surface area contributed by atoms with E-state index in [2.05, 4.69) is 25.8 Å². The minimum Gasteiger partial charge on any atom is -0.387 e. The molecule has 0 aromatic heterocycles. The van der Waals surface area contributed by atoms with Crippen molar-refractivity contribution < 1.29 is 5.11 Å². The highest BCUT2D eigenvalue weighted by Crippen LogP contribution is 2.39. The molecule has 0 aromatic rings. The molecular formula is C11H21NO. The van der Waals surface area contributed by atoms with Crippen LogP contribution < -0.4 is 0 Å². The Hall–Kier alpha value is -0.370. The van der Waals surface area contributed by atoms with Crippen molar-refractivity contribution in [3.8, 4) is 0 Å². The molecule has 76 valence electrons. The van der Waals surface area contributed by atoms with E-state index in [4.69, 9.17) is 0 Å². The lowest BCUT2D eigenvalue weighted by Gasteiger charge is -2.39. The number of aliphatic hydroxyl groups is 1. The summed E-state index contributed by atoms with van der Waals surface area (Å²) in [6.07, 6.45) is 1.51. The monoisotopic (exact) mass is 183 g/mol. The Morgan fingerprint density at radius 3 is 2.69 bits per heavy atom. The highest BCUT2D eigenvalue weighted by atomic mass is 16.3. The van der Waals surface area contributed by atoms with Crippen molar-refractivity contribution in [3.63, 3.8) is 0 Å². The topological polar surface area (TPSA) is 32.6 Å². The number of rotatable bonds is 1. The van der Waals surface area contributed by atoms with Gasteiger partial charge in [0.25, 0.3) is 0 Å². The Morgan fingerprint density at radius 2 is 2.15 bits per heavy atom. The lowest BCUT2D eigenvalue weighted by molar-refractivity contribution is 0.102. The Kier molecular flexibility index (Phi) is 3.12. The zero-order chi connectivity index (χ0) is 10.1. The molecule has 0 heterocycles. The third-order valence-electron chi connectivity index (χ3n) is 3.31. The van der Waals surface area contributed by atoms with E-state index < -0.39 is 0 Å². The number of aliphatic hydroxyl groups excluding tert-OH is 1. The Labute approximate surface area is 81.1 Å². The Bertz CT molecular complexity index is 208. The van der Waals surface area contributed by atoms with Crippen LogP contribution in [0.3, 0.4) is 0 Å². The maximum Gasteiger partial charge on any atom is 0.0921 e. The molecule has 0 aromatic carbocycles. The van der Waals surface area contributed by atoms with Crippen LogP contribution in [-0.2, 0) is 0 Å². The first kappa shape index (κ1) is 10.7. The number of aliphatic imine (C=N–C) groups is 1. The predicted octanol–water partition coefficient (Wildman–Crippen LogP) is 2.26. The minimum absolute atomic E-state index is 0.256. The molecule has 1 aliphatic rings. The zero-order valence-corrected chi connectivity index (χ0v) is 9.17. The van der Waals surface area contributed by atoms with Crippen LogP contribution in [-0.4, -0.2) is 23.5 Å². The highest BCUT2D eigenvalue weighted by Gasteiger charge is 2.36. The van der Waals surface area contributed by atoms with Crippen molar-refractivity contribution in [2.45, 2.75) is 46.6 Å². The number of hydrogen-bond acceptors (Lipinski definition) is 2. The molecule has 0 aliphatic heterocycles. The van der Waals surface area contributed by atoms with E-state index in [1.165, 1.54) is 0 Å². The lowest BCUT2D eigenvalue weighted by Crippen LogP contribution is -2.39. The maximum atomic E-state index is 9.82. The van der Waals surface area contributed by atoms with Crippen LogP contribution >= 0.6 is 0 Å². The van der Waals surface area contributed by atoms with Gasteiger partial charge >= 0.3 is 0 Å². The summed E-state index contributed by atoms with van der Waals surface area (Å²) in [6.45, 7) is 9.51. The normalized spacial score (nSPS) is 36.5. The van der Waals surface area contributed by atoms with Gasteiger partial charge in [0.15, 0.2) is 0 Å². The van der Waals surface area contributed by atoms with Gasteiger partial charge in [0, 0.05) is 12.3 Å². The predicted molar refractivity (Wildman–Crippen MR) is 56.2 cm³/mol. The second-order valence-corrected chi connectivity index (χ2v) is 4.78. The summed E-state index contributed by atoms with van der Waals surface area (Å²) in [5.41, 5.74) is 1.26. The molecule has 2 atom stereocenters. The number of nitrogens with zero attached hydrogens (tertiary/aromatic N) is 1. The van der Waals surface area contributed by atoms with Crippen LogP contribution in [0.15, 0.2) is 4.99 Å². The third kappa shape index (κ3) is 2.31. The van der Waals surface area contributed by atoms with Gasteiger partial charge in [-0.05, 0) is 31.1 Å². The van der Waals surface area contributed by atoms with Crippen LogP contribution in [0, 0.1) is 11.3 Å². The second-order valence-electron chi connectivity index (χ2n) is 4.78. The molecule has 1 N–H and O–H groups in total. The first-order valence-electron chi connectivity index (χ1n) is 5.18. The van der Waals surface area contributed by atoms with Gasteiger partial charge in [0.1, 0.15) is 0 Å². The van der Waals surface area contributed by atoms with Gasteiger partial charge in [-0.2, -0.15) is 0 Å². The molecule has 1 rings (SSSR count). The average Bonchev–Trinajstić information content (AvgIpc) is 2.00. The van der Waals surface area contributed by atoms with Crippen molar-refractivity contribution in [1.29, 1.82) is 0 Å². The van der Waals surface area contributed by atoms with E-state index in [0.717, 1.165) is 25.1 Å². The smallest absolute Gasteiger partial charge is 0.0921 e. The van der Waals surface area contributed by atoms with E-state index in [0.29, 0.717) is 5.92 Å². The van der Waals surface area contributed by atoms with Crippen LogP contribution in [0.1, 0.15) is 40.5 Å². The fourth-order valence-electron chi connectivity index (χ4n) is 1.92. The van der Waals surface area contributed by atoms with E-state index in [1.54, 1.807) is 0 Å². The van der Waals surface area contributed by atoms with E-state index in [9.17, 15) is 5.11 Å². The van der Waals surface area contributed by atoms with Gasteiger partial charge in [-0.15, -0.1) is 0 Å². The van der Waals surface area contributed by atoms with Crippen LogP contribution in [0.25, 0.3) is 0 Å². The Morgan fingerprint density at radius 1 is 1.54 bits per heavy atom. The average molecular weight is 183 g/mol. The summed E-state index contributed by atoms with van der Waals surface area (Å²) in [5.74, 6) is 0.626. The second kappa shape index (κ2) is 3.79. The minimum atomic E-state index is -0.300. The molecule has 0 spiro atoms. The maximum absolute atomic E-state index is 9.82. The quantitative estimate of drug-likeness (QED) is 0.664. The third-order valence-corrected chi connectivity index (χ3v) is 3.31. The highest BCUT2D eigenvalue weighted by molar-refractivity contribution is 5.89. The van der Waals surface area contributed by atoms with Gasteiger partial charge in [-0.1, -0.05) is 20.8 Å². The molecule has 0 radical (unpaired) electrons. The summed E-state index contributed by atoms with van der Waals surface area (Å²) in [6, 6.07) is 0. The zero-order valence-electron chi connectivity index (χ0n) is 9.17. The Balaban J connectivity index is 2.73. The van der Waals surface area contributed by atoms with Gasteiger partial charge in [0.05, 0.1) is 6.10 Å². The van der Waals surface area contributed by atoms with Gasteiger partial charge in [0.2, 0.25) is 0 Å². The molecular weight excluding hydrogens is 162 g/mol. The summed E-state index contributed by atoms with van der Waals surface area (Å²) >= 11 is 0. The molecule has 0 unspecified atom stereocenters. The van der Waals surface area contributed by atoms with Crippen molar-refractivity contribution >= 4 is 5.71 Å². The lowest BCUT2D eigenvalue weighted by atomic mass is 9.68. The summed E-state index contributed by atoms with van der Waals surface area (Å²) in [4.78, 5) is 4.35. The number of hydrogen-bond donors (Lipinski definition) is 1. The molecule has 0 bridgehead atoms. The summed E-state index contributed by atoms with van der Waals surface area (Å²) in [5, 5.41) is 9.82. The van der Waals surface area contributed by atoms with Crippen molar-refractivity contribution in [3.05, 3.63) is 0 Å². The van der Waals surface area contributed by atoms with Gasteiger partial charge < -0.3 is 5.11 Å². The van der Waals surface area contributed by atoms with Gasteiger partial charge in [-0.3, -0.25) is 4.99 Å². The van der Waals surface area contributed by atoms with Crippen LogP contribution in [0.2, 0.25) is 0 Å². The van der Waals surface area contributed by atoms with Crippen molar-refractivity contribution in [2.24, 2.45) is 16.3 Å². The molecule has 2 nitrogen and oxygen atoms in total. The molecule has 0 saturated heterocycles. The standard InChI is InChI=1S/C11H21NO/c1-5-12-9-6-8(2)11(3,4)7-10(9)13/h8,10,13H,5-7H2,1-4H3/t8-,10+/m0/s1. The largest absolute Gasteiger partial charge is 0.387 e. The van der Waals surface area contributed by atoms with Gasteiger partial charge in [-0.25, -0.2) is 0 Å². The molecule has 1 aliphatic carbocycles. The molecule has 0 amide bonds. The fourth-order valence-corrected chi connectivity index (χ4v) is 1.92. The molecule has 1 saturated carbocycles. The summed E-state index contributed by atoms with van der Waals surface area (Å²) < 4.78 is 0. The first-order valence-corrected chi connectivity index (χ1v) is 5.18. The van der Waals surface area contributed by atoms with E-state index in [-0.39, 0.29) is 11.5 Å². The molecule has 13 heavy (non-hydrogen) atoms. The van der Waals surface area contributed by atoms with Crippen molar-refractivity contribution in [2.75, 3.05) is 6.54 Å². The van der Waals surface area contributed by atoms with Crippen molar-refractivity contribution in [1.82, 2.24) is 0 Å². The fraction of sp³-hybridized carbons (Fsp3) is 0.909. The first-order chi connectivity index (χ1) is 5.97.